The average molecular weight is 354 g/mol. The Morgan fingerprint density at radius 1 is 1.17 bits per heavy atom. The van der Waals surface area contributed by atoms with E-state index < -0.39 is 29.5 Å². The third-order valence-corrected chi connectivity index (χ3v) is 3.42. The smallest absolute Gasteiger partial charge is 0.240 e. The van der Waals surface area contributed by atoms with Gasteiger partial charge in [0.05, 0.1) is 6.42 Å². The summed E-state index contributed by atoms with van der Waals surface area (Å²) in [6, 6.07) is 5.03. The molecule has 0 aliphatic heterocycles. The maximum atomic E-state index is 13.1. The maximum Gasteiger partial charge on any atom is 0.240 e. The molecule has 0 fully saturated rings. The van der Waals surface area contributed by atoms with Gasteiger partial charge in [0.15, 0.2) is 0 Å². The molecule has 0 saturated carbocycles. The molecule has 2 aromatic rings. The lowest BCUT2D eigenvalue weighted by Gasteiger charge is -2.15. The van der Waals surface area contributed by atoms with Crippen LogP contribution in [0.25, 0.3) is 0 Å². The lowest BCUT2D eigenvalue weighted by Crippen LogP contribution is -2.46. The Morgan fingerprint density at radius 3 is 2.38 bits per heavy atom. The second-order valence-electron chi connectivity index (χ2n) is 5.17. The summed E-state index contributed by atoms with van der Waals surface area (Å²) >= 11 is 5.68. The summed E-state index contributed by atoms with van der Waals surface area (Å²) in [5.74, 6) is -2.87. The van der Waals surface area contributed by atoms with E-state index in [0.29, 0.717) is 16.8 Å². The Kier molecular flexibility index (Phi) is 5.81. The van der Waals surface area contributed by atoms with E-state index in [1.807, 2.05) is 0 Å². The SMILES string of the molecule is NC(=O)[C@H](Cc1ccc(Cl)nc1)NC(=O)Cc1cc(F)cc(F)c1. The topological polar surface area (TPSA) is 85.1 Å². The number of nitrogens with two attached hydrogens (primary N) is 1. The van der Waals surface area contributed by atoms with E-state index in [1.165, 1.54) is 6.20 Å². The average Bonchev–Trinajstić information content (AvgIpc) is 2.47. The number of rotatable bonds is 6. The zero-order chi connectivity index (χ0) is 17.7. The molecular formula is C16H14ClF2N3O2. The van der Waals surface area contributed by atoms with E-state index in [2.05, 4.69) is 10.3 Å². The van der Waals surface area contributed by atoms with Crippen LogP contribution in [0.4, 0.5) is 8.78 Å². The van der Waals surface area contributed by atoms with Crippen molar-refractivity contribution in [3.8, 4) is 0 Å². The van der Waals surface area contributed by atoms with Crippen molar-refractivity contribution in [2.75, 3.05) is 0 Å². The minimum atomic E-state index is -0.973. The standard InChI is InChI=1S/C16H14ClF2N3O2/c17-14-2-1-9(8-21-14)5-13(16(20)24)22-15(23)6-10-3-11(18)7-12(19)4-10/h1-4,7-8,13H,5-6H2,(H2,20,24)(H,22,23)/t13-/m0/s1. The number of nitrogens with zero attached hydrogens (tertiary/aromatic N) is 1. The van der Waals surface area contributed by atoms with Crippen molar-refractivity contribution in [3.05, 3.63) is 64.4 Å². The monoisotopic (exact) mass is 353 g/mol. The van der Waals surface area contributed by atoms with Crippen molar-refractivity contribution in [3.63, 3.8) is 0 Å². The van der Waals surface area contributed by atoms with Crippen molar-refractivity contribution in [2.45, 2.75) is 18.9 Å². The highest BCUT2D eigenvalue weighted by molar-refractivity contribution is 6.29. The molecule has 3 N–H and O–H groups in total. The molecule has 0 saturated heterocycles. The lowest BCUT2D eigenvalue weighted by molar-refractivity contribution is -0.127. The van der Waals surface area contributed by atoms with Crippen LogP contribution in [0.3, 0.4) is 0 Å². The second-order valence-corrected chi connectivity index (χ2v) is 5.56. The third kappa shape index (κ3) is 5.27. The molecule has 8 heteroatoms. The molecule has 2 amide bonds. The van der Waals surface area contributed by atoms with Gasteiger partial charge < -0.3 is 11.1 Å². The summed E-state index contributed by atoms with van der Waals surface area (Å²) in [6.07, 6.45) is 1.31. The largest absolute Gasteiger partial charge is 0.368 e. The van der Waals surface area contributed by atoms with Crippen LogP contribution in [0.2, 0.25) is 5.15 Å². The summed E-state index contributed by atoms with van der Waals surface area (Å²) < 4.78 is 26.3. The van der Waals surface area contributed by atoms with Gasteiger partial charge in [-0.2, -0.15) is 0 Å². The van der Waals surface area contributed by atoms with Gasteiger partial charge in [0, 0.05) is 18.7 Å². The summed E-state index contributed by atoms with van der Waals surface area (Å²) in [4.78, 5) is 27.4. The Morgan fingerprint density at radius 2 is 1.83 bits per heavy atom. The highest BCUT2D eigenvalue weighted by atomic mass is 35.5. The molecule has 0 aliphatic rings. The van der Waals surface area contributed by atoms with Gasteiger partial charge in [-0.25, -0.2) is 13.8 Å². The van der Waals surface area contributed by atoms with Crippen molar-refractivity contribution >= 4 is 23.4 Å². The number of halogens is 3. The van der Waals surface area contributed by atoms with Gasteiger partial charge >= 0.3 is 0 Å². The molecule has 1 heterocycles. The van der Waals surface area contributed by atoms with Crippen LogP contribution in [0.5, 0.6) is 0 Å². The highest BCUT2D eigenvalue weighted by Gasteiger charge is 2.19. The van der Waals surface area contributed by atoms with E-state index in [0.717, 1.165) is 12.1 Å². The number of benzene rings is 1. The van der Waals surface area contributed by atoms with E-state index in [-0.39, 0.29) is 18.4 Å². The number of pyridine rings is 1. The fraction of sp³-hybridized carbons (Fsp3) is 0.188. The maximum absolute atomic E-state index is 13.1. The van der Waals surface area contributed by atoms with Gasteiger partial charge in [0.2, 0.25) is 11.8 Å². The first-order valence-electron chi connectivity index (χ1n) is 6.97. The molecule has 1 atom stereocenters. The van der Waals surface area contributed by atoms with Gasteiger partial charge in [-0.1, -0.05) is 17.7 Å². The molecule has 1 aromatic heterocycles. The number of hydrogen-bond donors (Lipinski definition) is 2. The molecule has 1 aromatic carbocycles. The van der Waals surface area contributed by atoms with Gasteiger partial charge in [-0.15, -0.1) is 0 Å². The fourth-order valence-corrected chi connectivity index (χ4v) is 2.24. The minimum Gasteiger partial charge on any atom is -0.368 e. The van der Waals surface area contributed by atoms with E-state index in [1.54, 1.807) is 12.1 Å². The van der Waals surface area contributed by atoms with Gasteiger partial charge in [0.25, 0.3) is 0 Å². The van der Waals surface area contributed by atoms with Crippen molar-refractivity contribution < 1.29 is 18.4 Å². The fourth-order valence-electron chi connectivity index (χ4n) is 2.13. The number of primary amides is 1. The zero-order valence-corrected chi connectivity index (χ0v) is 13.2. The van der Waals surface area contributed by atoms with Crippen molar-refractivity contribution in [2.24, 2.45) is 5.73 Å². The second kappa shape index (κ2) is 7.83. The molecule has 2 rings (SSSR count). The quantitative estimate of drug-likeness (QED) is 0.776. The normalized spacial score (nSPS) is 11.8. The van der Waals surface area contributed by atoms with Gasteiger partial charge in [-0.3, -0.25) is 9.59 Å². The van der Waals surface area contributed by atoms with Crippen molar-refractivity contribution in [1.29, 1.82) is 0 Å². The Labute approximate surface area is 141 Å². The van der Waals surface area contributed by atoms with E-state index >= 15 is 0 Å². The molecule has 24 heavy (non-hydrogen) atoms. The van der Waals surface area contributed by atoms with Gasteiger partial charge in [0.1, 0.15) is 22.8 Å². The number of amides is 2. The van der Waals surface area contributed by atoms with E-state index in [9.17, 15) is 18.4 Å². The Bertz CT molecular complexity index is 733. The van der Waals surface area contributed by atoms with Crippen LogP contribution >= 0.6 is 11.6 Å². The molecule has 0 spiro atoms. The lowest BCUT2D eigenvalue weighted by atomic mass is 10.1. The number of aromatic nitrogens is 1. The van der Waals surface area contributed by atoms with E-state index in [4.69, 9.17) is 17.3 Å². The first-order chi connectivity index (χ1) is 11.3. The predicted molar refractivity (Wildman–Crippen MR) is 84.1 cm³/mol. The predicted octanol–water partition coefficient (Wildman–Crippen LogP) is 1.77. The molecule has 0 radical (unpaired) electrons. The first kappa shape index (κ1) is 17.8. The van der Waals surface area contributed by atoms with Crippen molar-refractivity contribution in [1.82, 2.24) is 10.3 Å². The zero-order valence-electron chi connectivity index (χ0n) is 12.4. The number of carbonyl (C=O) groups is 2. The van der Waals surface area contributed by atoms with Crippen LogP contribution in [0, 0.1) is 11.6 Å². The summed E-state index contributed by atoms with van der Waals surface area (Å²) in [5, 5.41) is 2.75. The third-order valence-electron chi connectivity index (χ3n) is 3.19. The molecule has 0 bridgehead atoms. The Hall–Kier alpha value is -2.54. The molecule has 5 nitrogen and oxygen atoms in total. The van der Waals surface area contributed by atoms with Crippen LogP contribution in [-0.2, 0) is 22.4 Å². The van der Waals surface area contributed by atoms with Gasteiger partial charge in [-0.05, 0) is 29.3 Å². The molecule has 0 unspecified atom stereocenters. The number of carbonyl (C=O) groups excluding carboxylic acids is 2. The Balaban J connectivity index is 2.02. The molecule has 0 aliphatic carbocycles. The summed E-state index contributed by atoms with van der Waals surface area (Å²) in [5.41, 5.74) is 6.09. The first-order valence-corrected chi connectivity index (χ1v) is 7.35. The van der Waals surface area contributed by atoms with Crippen LogP contribution in [-0.4, -0.2) is 22.8 Å². The van der Waals surface area contributed by atoms with Crippen LogP contribution < -0.4 is 11.1 Å². The van der Waals surface area contributed by atoms with Crippen LogP contribution in [0.15, 0.2) is 36.5 Å². The molecule has 126 valence electrons. The number of nitrogens with one attached hydrogen (secondary N) is 1. The highest BCUT2D eigenvalue weighted by Crippen LogP contribution is 2.10. The van der Waals surface area contributed by atoms with Crippen LogP contribution in [0.1, 0.15) is 11.1 Å². The minimum absolute atomic E-state index is 0.128. The number of hydrogen-bond acceptors (Lipinski definition) is 3. The summed E-state index contributed by atoms with van der Waals surface area (Å²) in [6.45, 7) is 0. The summed E-state index contributed by atoms with van der Waals surface area (Å²) in [7, 11) is 0. The molecular weight excluding hydrogens is 340 g/mol.